The summed E-state index contributed by atoms with van der Waals surface area (Å²) in [6, 6.07) is 11.4. The maximum absolute atomic E-state index is 12.3. The van der Waals surface area contributed by atoms with Crippen LogP contribution in [-0.2, 0) is 11.2 Å². The van der Waals surface area contributed by atoms with Gasteiger partial charge >= 0.3 is 0 Å². The van der Waals surface area contributed by atoms with Crippen LogP contribution < -0.4 is 16.4 Å². The quantitative estimate of drug-likeness (QED) is 0.780. The Morgan fingerprint density at radius 3 is 2.60 bits per heavy atom. The van der Waals surface area contributed by atoms with E-state index in [0.717, 1.165) is 34.6 Å². The number of fused-ring (bicyclic) bond motifs is 1. The summed E-state index contributed by atoms with van der Waals surface area (Å²) in [6.45, 7) is 1.99. The second-order valence-corrected chi connectivity index (χ2v) is 5.18. The summed E-state index contributed by atoms with van der Waals surface area (Å²) in [6.07, 6.45) is 1.20. The smallest absolute Gasteiger partial charge is 0.231 e. The average Bonchev–Trinajstić information content (AvgIpc) is 2.42. The molecule has 0 bridgehead atoms. The Hall–Kier alpha value is -2.49. The van der Waals surface area contributed by atoms with Crippen molar-refractivity contribution in [2.45, 2.75) is 19.8 Å². The number of nitrogens with zero attached hydrogens (tertiary/aromatic N) is 1. The zero-order chi connectivity index (χ0) is 14.3. The normalized spacial score (nSPS) is 14.2. The molecule has 0 aliphatic carbocycles. The molecule has 0 fully saturated rings. The van der Waals surface area contributed by atoms with Crippen molar-refractivity contribution < 1.29 is 4.79 Å². The third-order valence-corrected chi connectivity index (χ3v) is 3.63. The third-order valence-electron chi connectivity index (χ3n) is 3.63. The molecule has 1 heterocycles. The SMILES string of the molecule is Cc1ccc(N)c(N2C(=O)CCc3cc(N)ccc32)c1. The van der Waals surface area contributed by atoms with Crippen LogP contribution in [0.5, 0.6) is 0 Å². The molecule has 1 aliphatic heterocycles. The average molecular weight is 267 g/mol. The standard InChI is InChI=1S/C16H17N3O/c1-10-2-5-13(18)15(8-10)19-14-6-4-12(17)9-11(14)3-7-16(19)20/h2,4-6,8-9H,3,7,17-18H2,1H3. The minimum Gasteiger partial charge on any atom is -0.399 e. The van der Waals surface area contributed by atoms with E-state index in [4.69, 9.17) is 11.5 Å². The molecule has 0 saturated heterocycles. The number of hydrogen-bond acceptors (Lipinski definition) is 3. The predicted molar refractivity (Wildman–Crippen MR) is 81.9 cm³/mol. The highest BCUT2D eigenvalue weighted by Gasteiger charge is 2.26. The monoisotopic (exact) mass is 267 g/mol. The Morgan fingerprint density at radius 2 is 1.80 bits per heavy atom. The van der Waals surface area contributed by atoms with Gasteiger partial charge in [0.05, 0.1) is 17.1 Å². The summed E-state index contributed by atoms with van der Waals surface area (Å²) >= 11 is 0. The fourth-order valence-electron chi connectivity index (χ4n) is 2.62. The topological polar surface area (TPSA) is 72.3 Å². The van der Waals surface area contributed by atoms with Crippen molar-refractivity contribution in [2.75, 3.05) is 16.4 Å². The van der Waals surface area contributed by atoms with Gasteiger partial charge in [0.15, 0.2) is 0 Å². The number of nitrogen functional groups attached to an aromatic ring is 2. The zero-order valence-corrected chi connectivity index (χ0v) is 11.4. The molecule has 1 amide bonds. The number of nitrogens with two attached hydrogens (primary N) is 2. The Morgan fingerprint density at radius 1 is 1.00 bits per heavy atom. The van der Waals surface area contributed by atoms with Gasteiger partial charge in [0.1, 0.15) is 0 Å². The van der Waals surface area contributed by atoms with Crippen LogP contribution in [0.3, 0.4) is 0 Å². The lowest BCUT2D eigenvalue weighted by atomic mass is 9.99. The molecule has 2 aromatic carbocycles. The van der Waals surface area contributed by atoms with E-state index in [9.17, 15) is 4.79 Å². The molecule has 2 aromatic rings. The Kier molecular flexibility index (Phi) is 2.86. The van der Waals surface area contributed by atoms with Crippen molar-refractivity contribution in [1.29, 1.82) is 0 Å². The molecule has 4 nitrogen and oxygen atoms in total. The second-order valence-electron chi connectivity index (χ2n) is 5.18. The number of aryl methyl sites for hydroxylation is 2. The first-order valence-corrected chi connectivity index (χ1v) is 6.64. The molecule has 0 aromatic heterocycles. The lowest BCUT2D eigenvalue weighted by molar-refractivity contribution is -0.118. The minimum absolute atomic E-state index is 0.0690. The van der Waals surface area contributed by atoms with Gasteiger partial charge in [0.25, 0.3) is 0 Å². The van der Waals surface area contributed by atoms with Crippen LogP contribution in [-0.4, -0.2) is 5.91 Å². The Bertz CT molecular complexity index is 694. The van der Waals surface area contributed by atoms with Crippen molar-refractivity contribution in [3.05, 3.63) is 47.5 Å². The molecule has 20 heavy (non-hydrogen) atoms. The number of benzene rings is 2. The van der Waals surface area contributed by atoms with Gasteiger partial charge in [-0.25, -0.2) is 0 Å². The molecular formula is C16H17N3O. The summed E-state index contributed by atoms with van der Waals surface area (Å²) < 4.78 is 0. The van der Waals surface area contributed by atoms with E-state index in [-0.39, 0.29) is 5.91 Å². The van der Waals surface area contributed by atoms with E-state index < -0.39 is 0 Å². The van der Waals surface area contributed by atoms with Crippen LogP contribution in [0.1, 0.15) is 17.5 Å². The van der Waals surface area contributed by atoms with Crippen LogP contribution in [0, 0.1) is 6.92 Å². The Balaban J connectivity index is 2.18. The molecule has 0 radical (unpaired) electrons. The lowest BCUT2D eigenvalue weighted by Gasteiger charge is -2.30. The summed E-state index contributed by atoms with van der Waals surface area (Å²) in [5.74, 6) is 0.0690. The highest BCUT2D eigenvalue weighted by Crippen LogP contribution is 2.38. The van der Waals surface area contributed by atoms with Crippen molar-refractivity contribution >= 4 is 28.7 Å². The summed E-state index contributed by atoms with van der Waals surface area (Å²) in [7, 11) is 0. The fraction of sp³-hybridized carbons (Fsp3) is 0.188. The van der Waals surface area contributed by atoms with Gasteiger partial charge in [0, 0.05) is 12.1 Å². The third kappa shape index (κ3) is 1.99. The Labute approximate surface area is 118 Å². The van der Waals surface area contributed by atoms with Crippen LogP contribution >= 0.6 is 0 Å². The van der Waals surface area contributed by atoms with Gasteiger partial charge in [-0.1, -0.05) is 6.07 Å². The van der Waals surface area contributed by atoms with Gasteiger partial charge < -0.3 is 11.5 Å². The summed E-state index contributed by atoms with van der Waals surface area (Å²) in [5, 5.41) is 0. The van der Waals surface area contributed by atoms with Gasteiger partial charge in [-0.15, -0.1) is 0 Å². The summed E-state index contributed by atoms with van der Waals surface area (Å²) in [4.78, 5) is 14.1. The molecule has 1 aliphatic rings. The molecule has 4 N–H and O–H groups in total. The van der Waals surface area contributed by atoms with Crippen LogP contribution in [0.15, 0.2) is 36.4 Å². The molecule has 4 heteroatoms. The number of amides is 1. The summed E-state index contributed by atoms with van der Waals surface area (Å²) in [5.41, 5.74) is 17.0. The van der Waals surface area contributed by atoms with Gasteiger partial charge in [-0.2, -0.15) is 0 Å². The highest BCUT2D eigenvalue weighted by atomic mass is 16.2. The van der Waals surface area contributed by atoms with Gasteiger partial charge in [-0.3, -0.25) is 9.69 Å². The second kappa shape index (κ2) is 4.56. The maximum atomic E-state index is 12.3. The number of rotatable bonds is 1. The zero-order valence-electron chi connectivity index (χ0n) is 11.4. The molecule has 0 atom stereocenters. The van der Waals surface area contributed by atoms with E-state index in [2.05, 4.69) is 0 Å². The number of carbonyl (C=O) groups excluding carboxylic acids is 1. The molecule has 102 valence electrons. The van der Waals surface area contributed by atoms with Crippen LogP contribution in [0.4, 0.5) is 22.7 Å². The van der Waals surface area contributed by atoms with Crippen LogP contribution in [0.25, 0.3) is 0 Å². The largest absolute Gasteiger partial charge is 0.399 e. The first kappa shape index (κ1) is 12.5. The van der Waals surface area contributed by atoms with Crippen LogP contribution in [0.2, 0.25) is 0 Å². The number of anilines is 4. The molecule has 3 rings (SSSR count). The fourth-order valence-corrected chi connectivity index (χ4v) is 2.62. The molecular weight excluding hydrogens is 250 g/mol. The first-order chi connectivity index (χ1) is 9.56. The van der Waals surface area contributed by atoms with Crippen molar-refractivity contribution in [2.24, 2.45) is 0 Å². The van der Waals surface area contributed by atoms with E-state index in [1.54, 1.807) is 4.90 Å². The van der Waals surface area contributed by atoms with Crippen molar-refractivity contribution in [3.63, 3.8) is 0 Å². The molecule has 0 saturated carbocycles. The molecule has 0 spiro atoms. The van der Waals surface area contributed by atoms with E-state index in [0.29, 0.717) is 12.1 Å². The van der Waals surface area contributed by atoms with Gasteiger partial charge in [0.2, 0.25) is 5.91 Å². The van der Waals surface area contributed by atoms with Crippen molar-refractivity contribution in [3.8, 4) is 0 Å². The van der Waals surface area contributed by atoms with E-state index in [1.165, 1.54) is 0 Å². The van der Waals surface area contributed by atoms with E-state index in [1.807, 2.05) is 43.3 Å². The highest BCUT2D eigenvalue weighted by molar-refractivity contribution is 6.05. The van der Waals surface area contributed by atoms with E-state index >= 15 is 0 Å². The predicted octanol–water partition coefficient (Wildman–Crippen LogP) is 2.77. The number of carbonyl (C=O) groups is 1. The van der Waals surface area contributed by atoms with Crippen molar-refractivity contribution in [1.82, 2.24) is 0 Å². The maximum Gasteiger partial charge on any atom is 0.231 e. The minimum atomic E-state index is 0.0690. The first-order valence-electron chi connectivity index (χ1n) is 6.64. The van der Waals surface area contributed by atoms with Gasteiger partial charge in [-0.05, 0) is 54.8 Å². The number of hydrogen-bond donors (Lipinski definition) is 2. The lowest BCUT2D eigenvalue weighted by Crippen LogP contribution is -2.31. The molecule has 0 unspecified atom stereocenters.